The summed E-state index contributed by atoms with van der Waals surface area (Å²) in [6.45, 7) is 2.28. The predicted octanol–water partition coefficient (Wildman–Crippen LogP) is 3.69. The van der Waals surface area contributed by atoms with E-state index in [9.17, 15) is 13.5 Å². The van der Waals surface area contributed by atoms with Crippen molar-refractivity contribution in [1.82, 2.24) is 14.7 Å². The lowest BCUT2D eigenvalue weighted by Crippen LogP contribution is -2.26. The molecule has 0 radical (unpaired) electrons. The van der Waals surface area contributed by atoms with Crippen LogP contribution in [0.25, 0.3) is 0 Å². The molecule has 2 aromatic carbocycles. The van der Waals surface area contributed by atoms with Crippen molar-refractivity contribution >= 4 is 43.4 Å². The number of rotatable bonds is 11. The lowest BCUT2D eigenvalue weighted by molar-refractivity contribution is 0.271. The Hall–Kier alpha value is -2.53. The molecule has 0 unspecified atom stereocenters. The molecule has 32 heavy (non-hydrogen) atoms. The van der Waals surface area contributed by atoms with E-state index in [4.69, 9.17) is 0 Å². The van der Waals surface area contributed by atoms with Gasteiger partial charge in [0.2, 0.25) is 16.0 Å². The highest BCUT2D eigenvalue weighted by Crippen LogP contribution is 2.23. The number of nitrogens with one attached hydrogen (secondary N) is 3. The van der Waals surface area contributed by atoms with Crippen LogP contribution < -0.4 is 15.4 Å². The fourth-order valence-corrected chi connectivity index (χ4v) is 4.24. The molecule has 4 N–H and O–H groups in total. The maximum atomic E-state index is 12.5. The van der Waals surface area contributed by atoms with Gasteiger partial charge in [-0.2, -0.15) is 4.98 Å². The van der Waals surface area contributed by atoms with Crippen molar-refractivity contribution in [2.75, 3.05) is 23.8 Å². The van der Waals surface area contributed by atoms with Crippen LogP contribution in [0.2, 0.25) is 0 Å². The highest BCUT2D eigenvalue weighted by Gasteiger charge is 2.14. The van der Waals surface area contributed by atoms with Gasteiger partial charge in [-0.1, -0.05) is 37.3 Å². The first-order valence-corrected chi connectivity index (χ1v) is 12.5. The molecule has 0 aliphatic heterocycles. The zero-order chi connectivity index (χ0) is 23.0. The van der Waals surface area contributed by atoms with Crippen molar-refractivity contribution in [3.8, 4) is 0 Å². The number of anilines is 3. The fraction of sp³-hybridized carbons (Fsp3) is 0.273. The Bertz CT molecular complexity index is 1110. The second-order valence-electron chi connectivity index (χ2n) is 7.10. The predicted molar refractivity (Wildman–Crippen MR) is 130 cm³/mol. The lowest BCUT2D eigenvalue weighted by atomic mass is 10.2. The molecule has 0 fully saturated rings. The highest BCUT2D eigenvalue weighted by molar-refractivity contribution is 9.10. The van der Waals surface area contributed by atoms with Crippen molar-refractivity contribution < 1.29 is 13.5 Å². The molecule has 1 atom stereocenters. The number of halogens is 1. The first-order valence-electron chi connectivity index (χ1n) is 10.2. The monoisotopic (exact) mass is 519 g/mol. The Morgan fingerprint density at radius 1 is 1.09 bits per heavy atom. The van der Waals surface area contributed by atoms with Gasteiger partial charge in [0, 0.05) is 18.4 Å². The minimum atomic E-state index is -3.60. The maximum Gasteiger partial charge on any atom is 0.240 e. The normalized spacial score (nSPS) is 12.3. The van der Waals surface area contributed by atoms with Crippen molar-refractivity contribution in [3.63, 3.8) is 0 Å². The van der Waals surface area contributed by atoms with E-state index < -0.39 is 10.0 Å². The quantitative estimate of drug-likeness (QED) is 0.305. The molecule has 0 saturated heterocycles. The van der Waals surface area contributed by atoms with Gasteiger partial charge in [0.05, 0.1) is 22.0 Å². The number of aliphatic hydroxyl groups is 1. The van der Waals surface area contributed by atoms with Gasteiger partial charge in [0.25, 0.3) is 0 Å². The summed E-state index contributed by atoms with van der Waals surface area (Å²) in [4.78, 5) is 8.84. The summed E-state index contributed by atoms with van der Waals surface area (Å²) in [5.41, 5.74) is 1.72. The number of aliphatic hydroxyl groups excluding tert-OH is 1. The number of hydrogen-bond donors (Lipinski definition) is 4. The zero-order valence-electron chi connectivity index (χ0n) is 17.6. The topological polar surface area (TPSA) is 116 Å². The zero-order valence-corrected chi connectivity index (χ0v) is 20.0. The number of aromatic nitrogens is 2. The Kier molecular flexibility index (Phi) is 8.57. The molecule has 0 saturated carbocycles. The Balaban J connectivity index is 1.62. The second kappa shape index (κ2) is 11.4. The van der Waals surface area contributed by atoms with E-state index in [0.29, 0.717) is 34.9 Å². The number of sulfonamides is 1. The average molecular weight is 520 g/mol. The second-order valence-corrected chi connectivity index (χ2v) is 9.73. The Morgan fingerprint density at radius 2 is 1.81 bits per heavy atom. The van der Waals surface area contributed by atoms with E-state index in [1.165, 1.54) is 12.1 Å². The molecule has 0 aliphatic carbocycles. The van der Waals surface area contributed by atoms with Crippen LogP contribution in [0.5, 0.6) is 0 Å². The minimum Gasteiger partial charge on any atom is -0.394 e. The lowest BCUT2D eigenvalue weighted by Gasteiger charge is -2.16. The SMILES string of the molecule is CC[C@H](CO)Nc1nc(Nc2ccc(S(=O)(=O)NCCc3ccccc3)cc2)ncc1Br. The third-order valence-electron chi connectivity index (χ3n) is 4.77. The van der Waals surface area contributed by atoms with Gasteiger partial charge in [0.1, 0.15) is 5.82 Å². The standard InChI is InChI=1S/C22H26BrN5O3S/c1-2-17(15-29)26-21-20(23)14-24-22(28-21)27-18-8-10-19(11-9-18)32(30,31)25-13-12-16-6-4-3-5-7-16/h3-11,14,17,25,29H,2,12-13,15H2,1H3,(H2,24,26,27,28)/t17-/m1/s1. The van der Waals surface area contributed by atoms with Gasteiger partial charge in [-0.25, -0.2) is 18.1 Å². The summed E-state index contributed by atoms with van der Waals surface area (Å²) in [7, 11) is -3.60. The van der Waals surface area contributed by atoms with Crippen LogP contribution in [0.3, 0.4) is 0 Å². The molecule has 3 aromatic rings. The van der Waals surface area contributed by atoms with Crippen LogP contribution in [0.15, 0.2) is 70.2 Å². The number of benzene rings is 2. The van der Waals surface area contributed by atoms with E-state index in [0.717, 1.165) is 12.0 Å². The molecule has 3 rings (SSSR count). The smallest absolute Gasteiger partial charge is 0.240 e. The summed E-state index contributed by atoms with van der Waals surface area (Å²) in [5.74, 6) is 0.908. The first kappa shape index (κ1) is 24.1. The fourth-order valence-electron chi connectivity index (χ4n) is 2.90. The summed E-state index contributed by atoms with van der Waals surface area (Å²) in [5, 5.41) is 15.6. The van der Waals surface area contributed by atoms with Crippen LogP contribution in [0.4, 0.5) is 17.5 Å². The summed E-state index contributed by atoms with van der Waals surface area (Å²) in [6, 6.07) is 16.0. The van der Waals surface area contributed by atoms with Gasteiger partial charge in [-0.05, 0) is 58.6 Å². The van der Waals surface area contributed by atoms with Crippen LogP contribution in [0, 0.1) is 0 Å². The molecule has 8 nitrogen and oxygen atoms in total. The van der Waals surface area contributed by atoms with Gasteiger partial charge in [-0.15, -0.1) is 0 Å². The van der Waals surface area contributed by atoms with E-state index in [1.54, 1.807) is 18.3 Å². The van der Waals surface area contributed by atoms with E-state index in [-0.39, 0.29) is 17.5 Å². The van der Waals surface area contributed by atoms with E-state index in [2.05, 4.69) is 41.3 Å². The van der Waals surface area contributed by atoms with Gasteiger partial charge >= 0.3 is 0 Å². The van der Waals surface area contributed by atoms with Crippen LogP contribution in [0.1, 0.15) is 18.9 Å². The van der Waals surface area contributed by atoms with Crippen LogP contribution in [-0.2, 0) is 16.4 Å². The molecule has 1 heterocycles. The third kappa shape index (κ3) is 6.73. The van der Waals surface area contributed by atoms with Crippen molar-refractivity contribution in [1.29, 1.82) is 0 Å². The summed E-state index contributed by atoms with van der Waals surface area (Å²) in [6.07, 6.45) is 2.97. The largest absolute Gasteiger partial charge is 0.394 e. The van der Waals surface area contributed by atoms with Crippen LogP contribution in [-0.4, -0.2) is 42.7 Å². The van der Waals surface area contributed by atoms with Gasteiger partial charge in [0.15, 0.2) is 0 Å². The molecule has 0 amide bonds. The van der Waals surface area contributed by atoms with Crippen molar-refractivity contribution in [2.24, 2.45) is 0 Å². The van der Waals surface area contributed by atoms with Crippen molar-refractivity contribution in [3.05, 3.63) is 70.8 Å². The van der Waals surface area contributed by atoms with E-state index in [1.807, 2.05) is 37.3 Å². The molecular weight excluding hydrogens is 494 g/mol. The molecular formula is C22H26BrN5O3S. The Morgan fingerprint density at radius 3 is 2.47 bits per heavy atom. The first-order chi connectivity index (χ1) is 15.4. The van der Waals surface area contributed by atoms with Gasteiger partial charge in [-0.3, -0.25) is 0 Å². The highest BCUT2D eigenvalue weighted by atomic mass is 79.9. The molecule has 170 valence electrons. The molecule has 0 bridgehead atoms. The van der Waals surface area contributed by atoms with Crippen molar-refractivity contribution in [2.45, 2.75) is 30.7 Å². The summed E-state index contributed by atoms with van der Waals surface area (Å²) < 4.78 is 28.4. The summed E-state index contributed by atoms with van der Waals surface area (Å²) >= 11 is 3.40. The third-order valence-corrected chi connectivity index (χ3v) is 6.82. The minimum absolute atomic E-state index is 0.00890. The number of hydrogen-bond acceptors (Lipinski definition) is 7. The van der Waals surface area contributed by atoms with Gasteiger partial charge < -0.3 is 15.7 Å². The molecule has 0 aliphatic rings. The molecule has 1 aromatic heterocycles. The maximum absolute atomic E-state index is 12.5. The number of nitrogens with zero attached hydrogens (tertiary/aromatic N) is 2. The Labute approximate surface area is 196 Å². The molecule has 0 spiro atoms. The van der Waals surface area contributed by atoms with E-state index >= 15 is 0 Å². The van der Waals surface area contributed by atoms with Crippen LogP contribution >= 0.6 is 15.9 Å². The average Bonchev–Trinajstić information content (AvgIpc) is 2.80. The molecule has 10 heteroatoms.